The Morgan fingerprint density at radius 2 is 2.00 bits per heavy atom. The Hall–Kier alpha value is -2.12. The zero-order valence-corrected chi connectivity index (χ0v) is 11.5. The van der Waals surface area contributed by atoms with Gasteiger partial charge in [-0.15, -0.1) is 0 Å². The highest BCUT2D eigenvalue weighted by Crippen LogP contribution is 2.11. The molecule has 0 aliphatic rings. The lowest BCUT2D eigenvalue weighted by Crippen LogP contribution is -2.29. The third kappa shape index (κ3) is 4.94. The van der Waals surface area contributed by atoms with E-state index in [9.17, 15) is 4.79 Å². The lowest BCUT2D eigenvalue weighted by molar-refractivity contribution is -0.143. The molecule has 19 heavy (non-hydrogen) atoms. The minimum Gasteiger partial charge on any atom is -0.464 e. The Morgan fingerprint density at radius 1 is 1.32 bits per heavy atom. The first-order valence-corrected chi connectivity index (χ1v) is 6.03. The summed E-state index contributed by atoms with van der Waals surface area (Å²) in [5.41, 5.74) is 5.55. The van der Waals surface area contributed by atoms with Crippen molar-refractivity contribution in [2.24, 2.45) is 0 Å². The molecule has 1 aromatic heterocycles. The second-order valence-corrected chi connectivity index (χ2v) is 4.08. The predicted octanol–water partition coefficient (Wildman–Crippen LogP) is 0.604. The van der Waals surface area contributed by atoms with E-state index in [1.807, 2.05) is 13.8 Å². The number of nitrogen functional groups attached to an aromatic ring is 1. The number of nitrogens with one attached hydrogen (secondary N) is 1. The van der Waals surface area contributed by atoms with Crippen molar-refractivity contribution >= 4 is 17.9 Å². The fourth-order valence-corrected chi connectivity index (χ4v) is 1.22. The van der Waals surface area contributed by atoms with Gasteiger partial charge in [-0.1, -0.05) is 0 Å². The number of anilines is 2. The van der Waals surface area contributed by atoms with Crippen molar-refractivity contribution in [1.29, 1.82) is 0 Å². The van der Waals surface area contributed by atoms with Gasteiger partial charge in [0.15, 0.2) is 0 Å². The Labute approximate surface area is 111 Å². The second-order valence-electron chi connectivity index (χ2n) is 4.08. The highest BCUT2D eigenvalue weighted by atomic mass is 16.5. The van der Waals surface area contributed by atoms with Crippen LogP contribution in [0.15, 0.2) is 0 Å². The average molecular weight is 269 g/mol. The van der Waals surface area contributed by atoms with E-state index in [0.717, 1.165) is 0 Å². The summed E-state index contributed by atoms with van der Waals surface area (Å²) < 4.78 is 10.2. The van der Waals surface area contributed by atoms with E-state index in [4.69, 9.17) is 15.2 Å². The van der Waals surface area contributed by atoms with Gasteiger partial charge in [-0.05, 0) is 27.7 Å². The van der Waals surface area contributed by atoms with Gasteiger partial charge in [0.2, 0.25) is 11.9 Å². The van der Waals surface area contributed by atoms with Gasteiger partial charge in [0, 0.05) is 0 Å². The summed E-state index contributed by atoms with van der Waals surface area (Å²) in [5, 5.41) is 2.78. The van der Waals surface area contributed by atoms with Crippen molar-refractivity contribution < 1.29 is 14.3 Å². The lowest BCUT2D eigenvalue weighted by Gasteiger charge is -2.13. The molecular weight excluding hydrogens is 250 g/mol. The van der Waals surface area contributed by atoms with Crippen molar-refractivity contribution in [3.8, 4) is 6.01 Å². The monoisotopic (exact) mass is 269 g/mol. The van der Waals surface area contributed by atoms with Gasteiger partial charge < -0.3 is 20.5 Å². The van der Waals surface area contributed by atoms with E-state index < -0.39 is 12.0 Å². The van der Waals surface area contributed by atoms with E-state index in [-0.39, 0.29) is 24.0 Å². The second kappa shape index (κ2) is 6.72. The molecule has 8 heteroatoms. The molecule has 0 radical (unpaired) electrons. The summed E-state index contributed by atoms with van der Waals surface area (Å²) in [6, 6.07) is -0.477. The molecule has 106 valence electrons. The molecular formula is C11H19N5O3. The molecule has 0 bridgehead atoms. The Bertz CT molecular complexity index is 438. The first kappa shape index (κ1) is 14.9. The van der Waals surface area contributed by atoms with Gasteiger partial charge in [-0.2, -0.15) is 15.0 Å². The molecule has 0 fully saturated rings. The predicted molar refractivity (Wildman–Crippen MR) is 69.7 cm³/mol. The van der Waals surface area contributed by atoms with Gasteiger partial charge in [0.25, 0.3) is 0 Å². The minimum atomic E-state index is -0.589. The first-order valence-electron chi connectivity index (χ1n) is 6.03. The maximum atomic E-state index is 11.5. The number of ether oxygens (including phenoxy) is 2. The highest BCUT2D eigenvalue weighted by Gasteiger charge is 2.16. The molecule has 0 aromatic carbocycles. The molecule has 8 nitrogen and oxygen atoms in total. The number of hydrogen-bond acceptors (Lipinski definition) is 8. The minimum absolute atomic E-state index is 0.0178. The number of carbonyl (C=O) groups excluding carboxylic acids is 1. The quantitative estimate of drug-likeness (QED) is 0.722. The Morgan fingerprint density at radius 3 is 2.58 bits per heavy atom. The van der Waals surface area contributed by atoms with Crippen LogP contribution in [0.3, 0.4) is 0 Å². The number of nitrogens with zero attached hydrogens (tertiary/aromatic N) is 3. The van der Waals surface area contributed by atoms with Crippen molar-refractivity contribution in [3.63, 3.8) is 0 Å². The van der Waals surface area contributed by atoms with Crippen molar-refractivity contribution in [2.45, 2.75) is 39.8 Å². The number of hydrogen-bond donors (Lipinski definition) is 2. The van der Waals surface area contributed by atoms with Crippen LogP contribution in [0.25, 0.3) is 0 Å². The maximum Gasteiger partial charge on any atom is 0.328 e. The molecule has 0 aliphatic carbocycles. The average Bonchev–Trinajstić information content (AvgIpc) is 2.27. The zero-order chi connectivity index (χ0) is 14.4. The third-order valence-corrected chi connectivity index (χ3v) is 1.96. The summed E-state index contributed by atoms with van der Waals surface area (Å²) >= 11 is 0. The van der Waals surface area contributed by atoms with Crippen LogP contribution in [0.2, 0.25) is 0 Å². The van der Waals surface area contributed by atoms with Crippen LogP contribution in [-0.4, -0.2) is 39.7 Å². The van der Waals surface area contributed by atoms with Crippen molar-refractivity contribution in [2.75, 3.05) is 17.7 Å². The molecule has 1 rings (SSSR count). The van der Waals surface area contributed by atoms with Crippen LogP contribution in [0.1, 0.15) is 27.7 Å². The first-order chi connectivity index (χ1) is 8.92. The summed E-state index contributed by atoms with van der Waals surface area (Å²) in [7, 11) is 0. The molecule has 1 aromatic rings. The standard InChI is InChI=1S/C11H19N5O3/c1-5-18-8(17)7(4)13-10-14-9(12)15-11(16-10)19-6(2)3/h6-7H,5H2,1-4H3,(H3,12,13,14,15,16). The number of carbonyl (C=O) groups is 1. The fourth-order valence-electron chi connectivity index (χ4n) is 1.22. The van der Waals surface area contributed by atoms with Crippen LogP contribution >= 0.6 is 0 Å². The molecule has 0 aliphatic heterocycles. The van der Waals surface area contributed by atoms with E-state index >= 15 is 0 Å². The van der Waals surface area contributed by atoms with Gasteiger partial charge in [0.05, 0.1) is 12.7 Å². The van der Waals surface area contributed by atoms with Gasteiger partial charge in [-0.25, -0.2) is 4.79 Å². The van der Waals surface area contributed by atoms with Crippen LogP contribution < -0.4 is 15.8 Å². The lowest BCUT2D eigenvalue weighted by atomic mass is 10.3. The molecule has 0 saturated heterocycles. The normalized spacial score (nSPS) is 12.1. The SMILES string of the molecule is CCOC(=O)C(C)Nc1nc(N)nc(OC(C)C)n1. The van der Waals surface area contributed by atoms with Gasteiger partial charge in [0.1, 0.15) is 6.04 Å². The summed E-state index contributed by atoms with van der Waals surface area (Å²) in [6.45, 7) is 7.37. The summed E-state index contributed by atoms with van der Waals surface area (Å²) in [4.78, 5) is 23.2. The largest absolute Gasteiger partial charge is 0.464 e. The number of aromatic nitrogens is 3. The van der Waals surface area contributed by atoms with Crippen LogP contribution in [-0.2, 0) is 9.53 Å². The van der Waals surface area contributed by atoms with Crippen molar-refractivity contribution in [1.82, 2.24) is 15.0 Å². The third-order valence-electron chi connectivity index (χ3n) is 1.96. The Balaban J connectivity index is 2.77. The maximum absolute atomic E-state index is 11.5. The molecule has 3 N–H and O–H groups in total. The van der Waals surface area contributed by atoms with Gasteiger partial charge >= 0.3 is 12.0 Å². The molecule has 0 amide bonds. The smallest absolute Gasteiger partial charge is 0.328 e. The van der Waals surface area contributed by atoms with Crippen LogP contribution in [0.5, 0.6) is 6.01 Å². The van der Waals surface area contributed by atoms with E-state index in [0.29, 0.717) is 6.61 Å². The van der Waals surface area contributed by atoms with Gasteiger partial charge in [-0.3, -0.25) is 0 Å². The topological polar surface area (TPSA) is 112 Å². The molecule has 1 unspecified atom stereocenters. The van der Waals surface area contributed by atoms with E-state index in [1.54, 1.807) is 13.8 Å². The highest BCUT2D eigenvalue weighted by molar-refractivity contribution is 5.78. The molecule has 1 atom stereocenters. The molecule has 0 saturated carbocycles. The summed E-state index contributed by atoms with van der Waals surface area (Å²) in [5.74, 6) is -0.208. The Kier molecular flexibility index (Phi) is 5.28. The zero-order valence-electron chi connectivity index (χ0n) is 11.5. The number of esters is 1. The molecule has 1 heterocycles. The molecule has 0 spiro atoms. The summed E-state index contributed by atoms with van der Waals surface area (Å²) in [6.07, 6.45) is -0.0860. The fraction of sp³-hybridized carbons (Fsp3) is 0.636. The van der Waals surface area contributed by atoms with E-state index in [1.165, 1.54) is 0 Å². The number of rotatable bonds is 6. The van der Waals surface area contributed by atoms with Crippen molar-refractivity contribution in [3.05, 3.63) is 0 Å². The van der Waals surface area contributed by atoms with E-state index in [2.05, 4.69) is 20.3 Å². The van der Waals surface area contributed by atoms with Crippen LogP contribution in [0.4, 0.5) is 11.9 Å². The number of nitrogens with two attached hydrogens (primary N) is 1. The van der Waals surface area contributed by atoms with Crippen LogP contribution in [0, 0.1) is 0 Å².